The van der Waals surface area contributed by atoms with Crippen LogP contribution in [0.15, 0.2) is 22.7 Å². The zero-order valence-electron chi connectivity index (χ0n) is 20.0. The van der Waals surface area contributed by atoms with E-state index in [1.54, 1.807) is 19.2 Å². The maximum Gasteiger partial charge on any atom is 0.324 e. The molecule has 3 heterocycles. The van der Waals surface area contributed by atoms with Gasteiger partial charge >= 0.3 is 6.01 Å². The lowest BCUT2D eigenvalue weighted by atomic mass is 9.90. The number of nitrogens with zero attached hydrogens (tertiary/aromatic N) is 4. The van der Waals surface area contributed by atoms with Crippen molar-refractivity contribution in [1.82, 2.24) is 15.0 Å². The monoisotopic (exact) mass is 490 g/mol. The van der Waals surface area contributed by atoms with E-state index in [-0.39, 0.29) is 25.4 Å². The average Bonchev–Trinajstić information content (AvgIpc) is 3.45. The Labute approximate surface area is 203 Å². The zero-order valence-corrected chi connectivity index (χ0v) is 20.0. The molecule has 2 saturated heterocycles. The highest BCUT2D eigenvalue weighted by atomic mass is 19.1. The lowest BCUT2D eigenvalue weighted by molar-refractivity contribution is -0.137. The van der Waals surface area contributed by atoms with E-state index in [9.17, 15) is 13.6 Å². The summed E-state index contributed by atoms with van der Waals surface area (Å²) in [5.74, 6) is 2.42. The summed E-state index contributed by atoms with van der Waals surface area (Å²) in [7, 11) is 1.61. The molecule has 35 heavy (non-hydrogen) atoms. The van der Waals surface area contributed by atoms with Crippen molar-refractivity contribution < 1.29 is 27.6 Å². The Bertz CT molecular complexity index is 1020. The molecule has 0 unspecified atom stereocenters. The molecule has 1 aliphatic carbocycles. The molecule has 10 heteroatoms. The summed E-state index contributed by atoms with van der Waals surface area (Å²) < 4.78 is 43.5. The fraction of sp³-hybridized carbons (Fsp3) is 0.640. The first-order chi connectivity index (χ1) is 17.0. The minimum absolute atomic E-state index is 0.0534. The van der Waals surface area contributed by atoms with Gasteiger partial charge in [-0.15, -0.1) is 0 Å². The fourth-order valence-electron chi connectivity index (χ4n) is 5.25. The number of aromatic nitrogens is 2. The van der Waals surface area contributed by atoms with Gasteiger partial charge in [-0.1, -0.05) is 11.2 Å². The predicted octanol–water partition coefficient (Wildman–Crippen LogP) is 3.40. The Balaban J connectivity index is 1.01. The summed E-state index contributed by atoms with van der Waals surface area (Å²) in [4.78, 5) is 20.0. The summed E-state index contributed by atoms with van der Waals surface area (Å²) >= 11 is 0. The SMILES string of the molecule is COCc1noc(N2CCC([C@H]3C[C@H]3CCOc3ccc(CC(=O)N4CC(F)C4)c(F)c3)CC2)n1. The molecule has 1 amide bonds. The van der Waals surface area contributed by atoms with Crippen LogP contribution < -0.4 is 9.64 Å². The van der Waals surface area contributed by atoms with E-state index in [0.29, 0.717) is 48.2 Å². The van der Waals surface area contributed by atoms with Gasteiger partial charge in [0.2, 0.25) is 5.91 Å². The van der Waals surface area contributed by atoms with Crippen LogP contribution in [-0.2, 0) is 22.6 Å². The third kappa shape index (κ3) is 5.74. The van der Waals surface area contributed by atoms with Crippen molar-refractivity contribution in [2.75, 3.05) is 44.8 Å². The molecule has 2 aromatic rings. The molecule has 2 atom stereocenters. The number of benzene rings is 1. The van der Waals surface area contributed by atoms with Crippen LogP contribution in [-0.4, -0.2) is 67.0 Å². The molecule has 3 aliphatic rings. The molecule has 5 rings (SSSR count). The van der Waals surface area contributed by atoms with Crippen LogP contribution in [0.1, 0.15) is 37.1 Å². The summed E-state index contributed by atoms with van der Waals surface area (Å²) in [5, 5.41) is 3.94. The minimum atomic E-state index is -0.954. The van der Waals surface area contributed by atoms with Gasteiger partial charge in [-0.25, -0.2) is 8.78 Å². The number of hydrogen-bond donors (Lipinski definition) is 0. The van der Waals surface area contributed by atoms with Gasteiger partial charge in [-0.3, -0.25) is 4.79 Å². The number of ether oxygens (including phenoxy) is 2. The van der Waals surface area contributed by atoms with Crippen molar-refractivity contribution >= 4 is 11.9 Å². The highest BCUT2D eigenvalue weighted by Gasteiger charge is 2.43. The second-order valence-electron chi connectivity index (χ2n) is 9.87. The Morgan fingerprint density at radius 3 is 2.77 bits per heavy atom. The smallest absolute Gasteiger partial charge is 0.324 e. The van der Waals surface area contributed by atoms with Crippen LogP contribution in [0.4, 0.5) is 14.8 Å². The van der Waals surface area contributed by atoms with Crippen molar-refractivity contribution in [3.05, 3.63) is 35.4 Å². The van der Waals surface area contributed by atoms with E-state index in [1.807, 2.05) is 0 Å². The number of carbonyl (C=O) groups excluding carboxylic acids is 1. The lowest BCUT2D eigenvalue weighted by Gasteiger charge is -2.34. The minimum Gasteiger partial charge on any atom is -0.493 e. The molecule has 0 N–H and O–H groups in total. The maximum atomic E-state index is 14.4. The van der Waals surface area contributed by atoms with Crippen LogP contribution in [0.25, 0.3) is 0 Å². The first kappa shape index (κ1) is 24.0. The molecule has 3 fully saturated rings. The maximum absolute atomic E-state index is 14.4. The normalized spacial score (nSPS) is 22.8. The summed E-state index contributed by atoms with van der Waals surface area (Å²) in [6, 6.07) is 5.21. The van der Waals surface area contributed by atoms with Crippen LogP contribution in [0.5, 0.6) is 5.75 Å². The number of hydrogen-bond acceptors (Lipinski definition) is 7. The highest BCUT2D eigenvalue weighted by Crippen LogP contribution is 2.50. The van der Waals surface area contributed by atoms with Crippen molar-refractivity contribution in [3.8, 4) is 5.75 Å². The van der Waals surface area contributed by atoms with E-state index in [4.69, 9.17) is 14.0 Å². The summed E-state index contributed by atoms with van der Waals surface area (Å²) in [6.07, 6.45) is 3.39. The van der Waals surface area contributed by atoms with Crippen molar-refractivity contribution in [3.63, 3.8) is 0 Å². The Morgan fingerprint density at radius 2 is 2.06 bits per heavy atom. The lowest BCUT2D eigenvalue weighted by Crippen LogP contribution is -2.52. The number of carbonyl (C=O) groups is 1. The summed E-state index contributed by atoms with van der Waals surface area (Å²) in [5.41, 5.74) is 0.314. The van der Waals surface area contributed by atoms with Crippen LogP contribution in [0.3, 0.4) is 0 Å². The molecule has 2 aliphatic heterocycles. The summed E-state index contributed by atoms with van der Waals surface area (Å²) in [6.45, 7) is 2.95. The topological polar surface area (TPSA) is 80.9 Å². The van der Waals surface area contributed by atoms with Gasteiger partial charge in [-0.2, -0.15) is 4.98 Å². The van der Waals surface area contributed by atoms with Gasteiger partial charge in [0, 0.05) is 26.3 Å². The number of alkyl halides is 1. The van der Waals surface area contributed by atoms with Crippen LogP contribution >= 0.6 is 0 Å². The molecule has 0 radical (unpaired) electrons. The van der Waals surface area contributed by atoms with E-state index in [1.165, 1.54) is 17.4 Å². The number of methoxy groups -OCH3 is 1. The van der Waals surface area contributed by atoms with Gasteiger partial charge in [0.05, 0.1) is 26.1 Å². The number of amides is 1. The third-order valence-electron chi connectivity index (χ3n) is 7.44. The zero-order chi connectivity index (χ0) is 24.4. The number of anilines is 1. The molecular weight excluding hydrogens is 458 g/mol. The second-order valence-corrected chi connectivity index (χ2v) is 9.87. The van der Waals surface area contributed by atoms with Crippen molar-refractivity contribution in [2.45, 2.75) is 44.9 Å². The molecule has 0 bridgehead atoms. The fourth-order valence-corrected chi connectivity index (χ4v) is 5.25. The van der Waals surface area contributed by atoms with Gasteiger partial charge in [0.1, 0.15) is 24.3 Å². The Kier molecular flexibility index (Phi) is 7.17. The van der Waals surface area contributed by atoms with Crippen molar-refractivity contribution in [1.29, 1.82) is 0 Å². The first-order valence-corrected chi connectivity index (χ1v) is 12.4. The van der Waals surface area contributed by atoms with Crippen LogP contribution in [0, 0.1) is 23.6 Å². The third-order valence-corrected chi connectivity index (χ3v) is 7.44. The Morgan fingerprint density at radius 1 is 1.26 bits per heavy atom. The number of likely N-dealkylation sites (tertiary alicyclic amines) is 1. The van der Waals surface area contributed by atoms with Gasteiger partial charge < -0.3 is 23.8 Å². The van der Waals surface area contributed by atoms with E-state index < -0.39 is 12.0 Å². The quantitative estimate of drug-likeness (QED) is 0.505. The highest BCUT2D eigenvalue weighted by molar-refractivity contribution is 5.79. The molecule has 0 spiro atoms. The standard InChI is InChI=1S/C25H32F2N4O4/c1-33-15-23-28-25(35-29-23)30-7-4-16(5-8-30)21-10-17(21)6-9-34-20-3-2-18(22(27)12-20)11-24(32)31-13-19(26)14-31/h2-3,12,16-17,19,21H,4-11,13-15H2,1H3/t17-,21-/m1/s1. The van der Waals surface area contributed by atoms with Gasteiger partial charge in [0.15, 0.2) is 5.82 Å². The molecule has 1 aromatic heterocycles. The van der Waals surface area contributed by atoms with Gasteiger partial charge in [-0.05, 0) is 55.1 Å². The molecule has 8 nitrogen and oxygen atoms in total. The van der Waals surface area contributed by atoms with Crippen molar-refractivity contribution in [2.24, 2.45) is 17.8 Å². The number of rotatable bonds is 10. The number of halogens is 2. The molecule has 1 aromatic carbocycles. The average molecular weight is 491 g/mol. The van der Waals surface area contributed by atoms with E-state index >= 15 is 0 Å². The van der Waals surface area contributed by atoms with Crippen LogP contribution in [0.2, 0.25) is 0 Å². The van der Waals surface area contributed by atoms with E-state index in [0.717, 1.165) is 38.3 Å². The van der Waals surface area contributed by atoms with E-state index in [2.05, 4.69) is 15.0 Å². The van der Waals surface area contributed by atoms with Gasteiger partial charge in [0.25, 0.3) is 0 Å². The largest absolute Gasteiger partial charge is 0.493 e. The predicted molar refractivity (Wildman–Crippen MR) is 123 cm³/mol. The first-order valence-electron chi connectivity index (χ1n) is 12.4. The molecular formula is C25H32F2N4O4. The second kappa shape index (κ2) is 10.5. The number of piperidine rings is 1. The molecule has 1 saturated carbocycles. The molecule has 190 valence electrons. The Hall–Kier alpha value is -2.75.